The van der Waals surface area contributed by atoms with E-state index in [9.17, 15) is 9.59 Å². The van der Waals surface area contributed by atoms with Gasteiger partial charge in [-0.1, -0.05) is 0 Å². The Morgan fingerprint density at radius 2 is 1.72 bits per heavy atom. The summed E-state index contributed by atoms with van der Waals surface area (Å²) < 4.78 is 0. The molecular formula is C19H24N4O2. The number of nitrogens with one attached hydrogen (secondary N) is 2. The van der Waals surface area contributed by atoms with Crippen LogP contribution in [-0.4, -0.2) is 48.8 Å². The molecule has 0 aliphatic carbocycles. The Kier molecular flexibility index (Phi) is 6.65. The van der Waals surface area contributed by atoms with Gasteiger partial charge in [0.25, 0.3) is 5.91 Å². The molecule has 2 aromatic rings. The van der Waals surface area contributed by atoms with Gasteiger partial charge in [-0.3, -0.25) is 9.59 Å². The maximum Gasteiger partial charge on any atom is 0.274 e. The van der Waals surface area contributed by atoms with Crippen LogP contribution in [0.3, 0.4) is 0 Å². The van der Waals surface area contributed by atoms with Gasteiger partial charge in [-0.05, 0) is 70.4 Å². The van der Waals surface area contributed by atoms with Gasteiger partial charge in [-0.2, -0.15) is 0 Å². The van der Waals surface area contributed by atoms with Crippen molar-refractivity contribution in [1.29, 1.82) is 0 Å². The van der Waals surface area contributed by atoms with Crippen LogP contribution in [0.15, 0.2) is 42.6 Å². The summed E-state index contributed by atoms with van der Waals surface area (Å²) in [6.07, 6.45) is 2.69. The number of hydrogen-bond acceptors (Lipinski definition) is 5. The Morgan fingerprint density at radius 1 is 1.04 bits per heavy atom. The third kappa shape index (κ3) is 6.00. The van der Waals surface area contributed by atoms with Crippen LogP contribution >= 0.6 is 0 Å². The number of hydrogen-bond donors (Lipinski definition) is 2. The lowest BCUT2D eigenvalue weighted by atomic mass is 10.1. The predicted molar refractivity (Wildman–Crippen MR) is 100 cm³/mol. The predicted octanol–water partition coefficient (Wildman–Crippen LogP) is 2.90. The number of benzene rings is 1. The molecule has 0 bridgehead atoms. The smallest absolute Gasteiger partial charge is 0.274 e. The van der Waals surface area contributed by atoms with E-state index < -0.39 is 0 Å². The quantitative estimate of drug-likeness (QED) is 0.571. The average molecular weight is 340 g/mol. The van der Waals surface area contributed by atoms with E-state index in [1.807, 2.05) is 20.2 Å². The lowest BCUT2D eigenvalue weighted by Crippen LogP contribution is -2.16. The summed E-state index contributed by atoms with van der Waals surface area (Å²) in [6.45, 7) is 3.38. The van der Waals surface area contributed by atoms with Gasteiger partial charge in [0.2, 0.25) is 0 Å². The van der Waals surface area contributed by atoms with Crippen molar-refractivity contribution in [1.82, 2.24) is 9.88 Å². The molecule has 1 aromatic carbocycles. The van der Waals surface area contributed by atoms with Crippen molar-refractivity contribution in [2.75, 3.05) is 37.8 Å². The number of carbonyl (C=O) groups excluding carboxylic acids is 2. The molecule has 25 heavy (non-hydrogen) atoms. The second-order valence-corrected chi connectivity index (χ2v) is 6.10. The molecule has 0 saturated heterocycles. The van der Waals surface area contributed by atoms with E-state index >= 15 is 0 Å². The molecule has 2 rings (SSSR count). The summed E-state index contributed by atoms with van der Waals surface area (Å²) in [6, 6.07) is 10.3. The highest BCUT2D eigenvalue weighted by molar-refractivity contribution is 6.03. The maximum absolute atomic E-state index is 12.2. The van der Waals surface area contributed by atoms with Crippen molar-refractivity contribution in [3.8, 4) is 0 Å². The van der Waals surface area contributed by atoms with Crippen LogP contribution in [0.2, 0.25) is 0 Å². The number of rotatable bonds is 8. The van der Waals surface area contributed by atoms with Crippen LogP contribution < -0.4 is 10.6 Å². The Bertz CT molecular complexity index is 709. The molecule has 132 valence electrons. The number of nitrogens with zero attached hydrogens (tertiary/aromatic N) is 2. The van der Waals surface area contributed by atoms with Crippen LogP contribution in [0.4, 0.5) is 11.4 Å². The molecule has 0 spiro atoms. The summed E-state index contributed by atoms with van der Waals surface area (Å²) in [4.78, 5) is 29.8. The third-order valence-electron chi connectivity index (χ3n) is 3.66. The van der Waals surface area contributed by atoms with Gasteiger partial charge < -0.3 is 15.5 Å². The van der Waals surface area contributed by atoms with E-state index in [1.54, 1.807) is 36.5 Å². The van der Waals surface area contributed by atoms with Crippen molar-refractivity contribution in [2.45, 2.75) is 13.3 Å². The van der Waals surface area contributed by atoms with E-state index in [1.165, 1.54) is 6.92 Å². The fourth-order valence-corrected chi connectivity index (χ4v) is 2.24. The molecule has 0 aliphatic heterocycles. The minimum atomic E-state index is -0.283. The van der Waals surface area contributed by atoms with E-state index in [2.05, 4.69) is 20.5 Å². The van der Waals surface area contributed by atoms with Gasteiger partial charge in [0.05, 0.1) is 11.9 Å². The molecule has 0 unspecified atom stereocenters. The summed E-state index contributed by atoms with van der Waals surface area (Å²) in [7, 11) is 4.09. The number of pyridine rings is 1. The van der Waals surface area contributed by atoms with E-state index in [0.29, 0.717) is 16.9 Å². The van der Waals surface area contributed by atoms with Gasteiger partial charge in [0.15, 0.2) is 5.78 Å². The van der Waals surface area contributed by atoms with Gasteiger partial charge >= 0.3 is 0 Å². The van der Waals surface area contributed by atoms with Crippen LogP contribution in [0, 0.1) is 0 Å². The molecule has 0 fully saturated rings. The molecule has 2 N–H and O–H groups in total. The first kappa shape index (κ1) is 18.6. The minimum absolute atomic E-state index is 0.00628. The van der Waals surface area contributed by atoms with E-state index in [0.717, 1.165) is 25.2 Å². The second kappa shape index (κ2) is 8.94. The molecule has 0 radical (unpaired) electrons. The summed E-state index contributed by atoms with van der Waals surface area (Å²) in [5, 5.41) is 6.05. The van der Waals surface area contributed by atoms with E-state index in [4.69, 9.17) is 0 Å². The maximum atomic E-state index is 12.2. The summed E-state index contributed by atoms with van der Waals surface area (Å²) in [5.74, 6) is -0.289. The Labute approximate surface area is 148 Å². The van der Waals surface area contributed by atoms with Crippen molar-refractivity contribution >= 4 is 23.1 Å². The zero-order chi connectivity index (χ0) is 18.2. The number of carbonyl (C=O) groups is 2. The SMILES string of the molecule is CC(=O)c1ccc(NC(=O)c2ccc(NCCCN(C)C)cn2)cc1. The molecule has 0 atom stereocenters. The lowest BCUT2D eigenvalue weighted by Gasteiger charge is -2.10. The van der Waals surface area contributed by atoms with Crippen LogP contribution in [0.25, 0.3) is 0 Å². The largest absolute Gasteiger partial charge is 0.384 e. The molecule has 1 heterocycles. The highest BCUT2D eigenvalue weighted by Crippen LogP contribution is 2.12. The van der Waals surface area contributed by atoms with Crippen LogP contribution in [0.1, 0.15) is 34.2 Å². The number of anilines is 2. The highest BCUT2D eigenvalue weighted by Gasteiger charge is 2.08. The van der Waals surface area contributed by atoms with Crippen LogP contribution in [-0.2, 0) is 0 Å². The summed E-state index contributed by atoms with van der Waals surface area (Å²) in [5.41, 5.74) is 2.47. The Balaban J connectivity index is 1.88. The highest BCUT2D eigenvalue weighted by atomic mass is 16.2. The van der Waals surface area contributed by atoms with Gasteiger partial charge in [0.1, 0.15) is 5.69 Å². The van der Waals surface area contributed by atoms with Gasteiger partial charge in [0, 0.05) is 17.8 Å². The number of aromatic nitrogens is 1. The third-order valence-corrected chi connectivity index (χ3v) is 3.66. The molecule has 0 saturated carbocycles. The van der Waals surface area contributed by atoms with Crippen molar-refractivity contribution in [2.24, 2.45) is 0 Å². The fourth-order valence-electron chi connectivity index (χ4n) is 2.24. The molecule has 0 aliphatic rings. The monoisotopic (exact) mass is 340 g/mol. The standard InChI is InChI=1S/C19H24N4O2/c1-14(24)15-5-7-16(8-6-15)22-19(25)18-10-9-17(13-21-18)20-11-4-12-23(2)3/h5-10,13,20H,4,11-12H2,1-3H3,(H,22,25). The van der Waals surface area contributed by atoms with Crippen molar-refractivity contribution in [3.05, 3.63) is 53.9 Å². The molecule has 6 nitrogen and oxygen atoms in total. The Hall–Kier alpha value is -2.73. The van der Waals surface area contributed by atoms with Crippen LogP contribution in [0.5, 0.6) is 0 Å². The molecule has 1 aromatic heterocycles. The van der Waals surface area contributed by atoms with Gasteiger partial charge in [-0.15, -0.1) is 0 Å². The van der Waals surface area contributed by atoms with Crippen molar-refractivity contribution in [3.63, 3.8) is 0 Å². The molecule has 1 amide bonds. The first-order valence-corrected chi connectivity index (χ1v) is 8.22. The van der Waals surface area contributed by atoms with Gasteiger partial charge in [-0.25, -0.2) is 4.98 Å². The zero-order valence-electron chi connectivity index (χ0n) is 14.9. The fraction of sp³-hybridized carbons (Fsp3) is 0.316. The normalized spacial score (nSPS) is 10.6. The van der Waals surface area contributed by atoms with E-state index in [-0.39, 0.29) is 11.7 Å². The first-order chi connectivity index (χ1) is 12.0. The Morgan fingerprint density at radius 3 is 2.28 bits per heavy atom. The molecule has 6 heteroatoms. The minimum Gasteiger partial charge on any atom is -0.384 e. The summed E-state index contributed by atoms with van der Waals surface area (Å²) >= 11 is 0. The average Bonchev–Trinajstić information content (AvgIpc) is 2.59. The number of amides is 1. The number of ketones is 1. The zero-order valence-corrected chi connectivity index (χ0v) is 14.9. The first-order valence-electron chi connectivity index (χ1n) is 8.22. The topological polar surface area (TPSA) is 74.3 Å². The second-order valence-electron chi connectivity index (χ2n) is 6.10. The van der Waals surface area contributed by atoms with Crippen molar-refractivity contribution < 1.29 is 9.59 Å². The molecular weight excluding hydrogens is 316 g/mol. The number of Topliss-reactive ketones (excluding diaryl/α,β-unsaturated/α-hetero) is 1. The lowest BCUT2D eigenvalue weighted by molar-refractivity contribution is 0.101.